The van der Waals surface area contributed by atoms with Gasteiger partial charge < -0.3 is 0 Å². The molecular formula is C9H8Cl5N3O. The van der Waals surface area contributed by atoms with Crippen LogP contribution in [-0.4, -0.2) is 16.8 Å². The number of pyridine rings is 1. The van der Waals surface area contributed by atoms with Crippen LogP contribution in [-0.2, 0) is 8.59 Å². The van der Waals surface area contributed by atoms with Crippen molar-refractivity contribution in [3.63, 3.8) is 0 Å². The highest BCUT2D eigenvalue weighted by Gasteiger charge is 2.24. The monoisotopic (exact) mass is 349 g/mol. The van der Waals surface area contributed by atoms with Gasteiger partial charge in [0.1, 0.15) is 11.0 Å². The Morgan fingerprint density at radius 2 is 2.00 bits per heavy atom. The van der Waals surface area contributed by atoms with Crippen LogP contribution < -0.4 is 10.9 Å². The largest absolute Gasteiger partial charge is 0.282 e. The maximum absolute atomic E-state index is 11.2. The summed E-state index contributed by atoms with van der Waals surface area (Å²) in [6.07, 6.45) is 0.173. The first kappa shape index (κ1) is 15.9. The molecule has 1 amide bonds. The first-order valence-electron chi connectivity index (χ1n) is 4.68. The molecule has 0 saturated carbocycles. The van der Waals surface area contributed by atoms with Crippen molar-refractivity contribution < 1.29 is 4.79 Å². The molecule has 1 aromatic rings. The number of carbonyl (C=O) groups is 1. The van der Waals surface area contributed by atoms with Crippen LogP contribution in [0.3, 0.4) is 0 Å². The van der Waals surface area contributed by atoms with Gasteiger partial charge in [-0.2, -0.15) is 0 Å². The van der Waals surface area contributed by atoms with Crippen molar-refractivity contribution in [1.82, 2.24) is 10.4 Å². The lowest BCUT2D eigenvalue weighted by molar-refractivity contribution is -0.120. The molecule has 0 saturated heterocycles. The van der Waals surface area contributed by atoms with Gasteiger partial charge in [-0.15, -0.1) is 11.6 Å². The number of amides is 1. The van der Waals surface area contributed by atoms with Gasteiger partial charge >= 0.3 is 0 Å². The lowest BCUT2D eigenvalue weighted by Gasteiger charge is -2.14. The molecule has 0 aliphatic rings. The standard InChI is InChI=1S/C9H8Cl5N3O/c10-2-1-8(18)17-16-7-4-5(9(12,13)14)3-6(11)15-7/h3-4H,1-2H2,(H,15,16)(H,17,18). The van der Waals surface area contributed by atoms with Gasteiger partial charge in [0, 0.05) is 17.9 Å². The Hall–Kier alpha value is -0.130. The summed E-state index contributed by atoms with van der Waals surface area (Å²) in [6, 6.07) is 2.88. The fourth-order valence-electron chi connectivity index (χ4n) is 1.01. The van der Waals surface area contributed by atoms with Gasteiger partial charge in [-0.05, 0) is 12.1 Å². The number of carbonyl (C=O) groups excluding carboxylic acids is 1. The first-order chi connectivity index (χ1) is 8.32. The maximum Gasteiger partial charge on any atom is 0.239 e. The van der Waals surface area contributed by atoms with Crippen LogP contribution in [0, 0.1) is 0 Å². The minimum absolute atomic E-state index is 0.132. The van der Waals surface area contributed by atoms with Crippen LogP contribution in [0.2, 0.25) is 5.15 Å². The topological polar surface area (TPSA) is 54.0 Å². The molecule has 0 aliphatic carbocycles. The highest BCUT2D eigenvalue weighted by Crippen LogP contribution is 2.39. The number of hydrazine groups is 1. The molecule has 0 fully saturated rings. The highest BCUT2D eigenvalue weighted by atomic mass is 35.6. The molecule has 0 aliphatic heterocycles. The molecule has 18 heavy (non-hydrogen) atoms. The summed E-state index contributed by atoms with van der Waals surface area (Å²) in [5.74, 6) is 0.185. The third-order valence-corrected chi connectivity index (χ3v) is 2.81. The van der Waals surface area contributed by atoms with E-state index < -0.39 is 3.79 Å². The number of nitrogens with zero attached hydrogens (tertiary/aromatic N) is 1. The molecule has 1 heterocycles. The Kier molecular flexibility index (Phi) is 6.08. The number of alkyl halides is 4. The van der Waals surface area contributed by atoms with E-state index in [2.05, 4.69) is 15.8 Å². The van der Waals surface area contributed by atoms with Crippen molar-refractivity contribution in [2.75, 3.05) is 11.3 Å². The van der Waals surface area contributed by atoms with Gasteiger partial charge in [-0.3, -0.25) is 15.6 Å². The minimum atomic E-state index is -1.62. The Balaban J connectivity index is 2.78. The predicted octanol–water partition coefficient (Wildman–Crippen LogP) is 3.63. The van der Waals surface area contributed by atoms with Gasteiger partial charge in [0.05, 0.1) is 0 Å². The van der Waals surface area contributed by atoms with Gasteiger partial charge in [-0.25, -0.2) is 4.98 Å². The second kappa shape index (κ2) is 6.87. The van der Waals surface area contributed by atoms with Gasteiger partial charge in [-0.1, -0.05) is 46.4 Å². The van der Waals surface area contributed by atoms with E-state index in [0.717, 1.165) is 0 Å². The smallest absolute Gasteiger partial charge is 0.239 e. The Morgan fingerprint density at radius 3 is 2.56 bits per heavy atom. The number of rotatable bonds is 4. The predicted molar refractivity (Wildman–Crippen MR) is 75.6 cm³/mol. The van der Waals surface area contributed by atoms with E-state index in [4.69, 9.17) is 58.0 Å². The number of hydrogen-bond acceptors (Lipinski definition) is 3. The van der Waals surface area contributed by atoms with E-state index >= 15 is 0 Å². The van der Waals surface area contributed by atoms with Crippen LogP contribution in [0.15, 0.2) is 12.1 Å². The third kappa shape index (κ3) is 5.24. The van der Waals surface area contributed by atoms with E-state index in [1.807, 2.05) is 0 Å². The first-order valence-corrected chi connectivity index (χ1v) is 6.73. The normalized spacial score (nSPS) is 11.2. The summed E-state index contributed by atoms with van der Waals surface area (Å²) in [5, 5.41) is 0.132. The molecule has 0 aromatic carbocycles. The summed E-state index contributed by atoms with van der Waals surface area (Å²) in [7, 11) is 0. The Labute approximate surface area is 129 Å². The molecule has 1 aromatic heterocycles. The summed E-state index contributed by atoms with van der Waals surface area (Å²) in [6.45, 7) is 0. The van der Waals surface area contributed by atoms with Gasteiger partial charge in [0.2, 0.25) is 9.70 Å². The lowest BCUT2D eigenvalue weighted by atomic mass is 10.3. The highest BCUT2D eigenvalue weighted by molar-refractivity contribution is 6.66. The van der Waals surface area contributed by atoms with Crippen LogP contribution in [0.1, 0.15) is 12.0 Å². The Bertz CT molecular complexity index is 435. The van der Waals surface area contributed by atoms with E-state index in [9.17, 15) is 4.79 Å². The van der Waals surface area contributed by atoms with Crippen LogP contribution >= 0.6 is 58.0 Å². The second-order valence-corrected chi connectivity index (χ2v) is 6.22. The quantitative estimate of drug-likeness (QED) is 0.495. The van der Waals surface area contributed by atoms with E-state index in [1.165, 1.54) is 12.1 Å². The average Bonchev–Trinajstić information content (AvgIpc) is 2.25. The van der Waals surface area contributed by atoms with Crippen LogP contribution in [0.4, 0.5) is 5.82 Å². The van der Waals surface area contributed by atoms with Crippen LogP contribution in [0.25, 0.3) is 0 Å². The SMILES string of the molecule is O=C(CCCl)NNc1cc(C(Cl)(Cl)Cl)cc(Cl)n1. The van der Waals surface area contributed by atoms with Crippen molar-refractivity contribution in [3.05, 3.63) is 22.8 Å². The molecule has 0 bridgehead atoms. The minimum Gasteiger partial charge on any atom is -0.282 e. The average molecular weight is 351 g/mol. The molecule has 100 valence electrons. The van der Waals surface area contributed by atoms with Crippen molar-refractivity contribution in [2.24, 2.45) is 0 Å². The van der Waals surface area contributed by atoms with Crippen molar-refractivity contribution in [1.29, 1.82) is 0 Å². The fraction of sp³-hybridized carbons (Fsp3) is 0.333. The zero-order valence-electron chi connectivity index (χ0n) is 8.81. The van der Waals surface area contributed by atoms with Crippen molar-refractivity contribution >= 4 is 69.7 Å². The lowest BCUT2D eigenvalue weighted by Crippen LogP contribution is -2.30. The summed E-state index contributed by atoms with van der Waals surface area (Å²) in [4.78, 5) is 15.1. The van der Waals surface area contributed by atoms with Crippen molar-refractivity contribution in [2.45, 2.75) is 10.2 Å². The zero-order chi connectivity index (χ0) is 13.8. The molecule has 9 heteroatoms. The molecule has 2 N–H and O–H groups in total. The third-order valence-electron chi connectivity index (χ3n) is 1.77. The number of hydrogen-bond donors (Lipinski definition) is 2. The number of halogens is 5. The van der Waals surface area contributed by atoms with Crippen LogP contribution in [0.5, 0.6) is 0 Å². The van der Waals surface area contributed by atoms with Crippen molar-refractivity contribution in [3.8, 4) is 0 Å². The molecule has 1 rings (SSSR count). The van der Waals surface area contributed by atoms with E-state index in [0.29, 0.717) is 5.56 Å². The molecule has 0 unspecified atom stereocenters. The molecule has 0 atom stereocenters. The molecule has 0 radical (unpaired) electrons. The van der Waals surface area contributed by atoms with E-state index in [-0.39, 0.29) is 29.2 Å². The zero-order valence-corrected chi connectivity index (χ0v) is 12.6. The maximum atomic E-state index is 11.2. The molecule has 0 spiro atoms. The summed E-state index contributed by atoms with van der Waals surface area (Å²) in [5.41, 5.74) is 5.27. The van der Waals surface area contributed by atoms with E-state index in [1.54, 1.807) is 0 Å². The molecule has 4 nitrogen and oxygen atoms in total. The molecular weight excluding hydrogens is 343 g/mol. The number of nitrogens with one attached hydrogen (secondary N) is 2. The fourth-order valence-corrected chi connectivity index (χ4v) is 1.71. The Morgan fingerprint density at radius 1 is 1.33 bits per heavy atom. The second-order valence-electron chi connectivity index (χ2n) is 3.17. The van der Waals surface area contributed by atoms with Gasteiger partial charge in [0.15, 0.2) is 0 Å². The summed E-state index contributed by atoms with van der Waals surface area (Å²) < 4.78 is -1.62. The number of aromatic nitrogens is 1. The van der Waals surface area contributed by atoms with Gasteiger partial charge in [0.25, 0.3) is 0 Å². The summed E-state index contributed by atoms with van der Waals surface area (Å²) >= 11 is 28.4. The number of anilines is 1.